The fourth-order valence-electron chi connectivity index (χ4n) is 5.39. The fourth-order valence-corrected chi connectivity index (χ4v) is 5.39. The zero-order valence-electron chi connectivity index (χ0n) is 50.4. The number of para-hydroxylation sites is 1. The van der Waals surface area contributed by atoms with Crippen LogP contribution in [0.15, 0.2) is 174 Å². The topological polar surface area (TPSA) is 13.1 Å². The number of furan rings is 1. The summed E-state index contributed by atoms with van der Waals surface area (Å²) in [5, 5.41) is -5.37. The molecule has 0 aliphatic heterocycles. The van der Waals surface area contributed by atoms with Crippen LogP contribution >= 0.6 is 0 Å². The van der Waals surface area contributed by atoms with E-state index >= 15 is 0 Å². The molecule has 0 radical (unpaired) electrons. The van der Waals surface area contributed by atoms with Crippen molar-refractivity contribution in [2.24, 2.45) is 0 Å². The van der Waals surface area contributed by atoms with Crippen molar-refractivity contribution in [3.05, 3.63) is 169 Å². The van der Waals surface area contributed by atoms with Crippen LogP contribution in [-0.4, -0.2) is 0 Å². The van der Waals surface area contributed by atoms with Gasteiger partial charge in [0, 0.05) is 27.6 Å². The molecule has 0 fully saturated rings. The van der Waals surface area contributed by atoms with Gasteiger partial charge in [-0.05, 0) is 49.0 Å². The molecule has 0 atom stereocenters. The minimum atomic E-state index is -1.07. The van der Waals surface area contributed by atoms with Gasteiger partial charge in [0.2, 0.25) is 0 Å². The third-order valence-electron chi connectivity index (χ3n) is 7.17. The highest BCUT2D eigenvalue weighted by Crippen LogP contribution is 2.51. The molecule has 0 aliphatic carbocycles. The van der Waals surface area contributed by atoms with Crippen LogP contribution < -0.4 is 0 Å². The Kier molecular flexibility index (Phi) is 2.32. The lowest BCUT2D eigenvalue weighted by Crippen LogP contribution is -1.91. The predicted octanol–water partition coefficient (Wildman–Crippen LogP) is 12.6. The molecule has 0 saturated carbocycles. The molecule has 0 bridgehead atoms. The van der Waals surface area contributed by atoms with E-state index in [4.69, 9.17) is 31.8 Å². The molecule has 210 valence electrons. The Hall–Kier alpha value is -5.92. The summed E-state index contributed by atoms with van der Waals surface area (Å²) in [5.74, 6) is -0.950. The van der Waals surface area contributed by atoms with Crippen LogP contribution in [0.5, 0.6) is 0 Å². The smallest absolute Gasteiger partial charge is 0.143 e. The predicted molar refractivity (Wildman–Crippen MR) is 190 cm³/mol. The van der Waals surface area contributed by atoms with Crippen LogP contribution in [0.2, 0.25) is 0 Å². The molecule has 1 heteroatoms. The molecule has 1 aromatic heterocycles. The monoisotopic (exact) mass is 600 g/mol. The third-order valence-corrected chi connectivity index (χ3v) is 7.17. The van der Waals surface area contributed by atoms with Gasteiger partial charge in [0.1, 0.15) is 11.3 Å². The Morgan fingerprint density at radius 2 is 0.800 bits per heavy atom. The minimum Gasteiger partial charge on any atom is -0.455 e. The van der Waals surface area contributed by atoms with E-state index in [0.29, 0.717) is 0 Å². The molecule has 45 heavy (non-hydrogen) atoms. The first kappa shape index (κ1) is 10.1. The molecule has 9 aromatic rings. The third kappa shape index (κ3) is 4.02. The molecule has 1 nitrogen and oxygen atoms in total. The Morgan fingerprint density at radius 3 is 1.47 bits per heavy atom. The second kappa shape index (κ2) is 10.4. The molecule has 0 saturated heterocycles. The molecule has 0 unspecified atom stereocenters. The zero-order valence-corrected chi connectivity index (χ0v) is 22.4. The standard InChI is InChI=1S/C44H28O/c1-3-15-30(16-4-1)33-26-14-28-39-42(44(45-43(33)39)38-27-13-20-29-17-7-8-21-32(29)38)41-36-24-11-9-22-34(36)40(31-18-5-2-6-19-31)35-23-10-12-25-37(35)41/h1-28H/i1D,2D,3D,4D,5D,6D,7D,8D,9D,10D,11D,12D,13D,14D,15D,16D,17D,18D,19D,20D,21D,22D,23D,24D,25D,26D,27D,28D. The molecule has 0 N–H and O–H groups in total. The van der Waals surface area contributed by atoms with Gasteiger partial charge in [0.05, 0.1) is 38.4 Å². The lowest BCUT2D eigenvalue weighted by molar-refractivity contribution is 0.634. The van der Waals surface area contributed by atoms with Crippen molar-refractivity contribution in [1.82, 2.24) is 0 Å². The molecule has 1 heterocycles. The van der Waals surface area contributed by atoms with Crippen molar-refractivity contribution >= 4 is 43.3 Å². The lowest BCUT2D eigenvalue weighted by Gasteiger charge is -2.18. The summed E-state index contributed by atoms with van der Waals surface area (Å²) in [6.07, 6.45) is 0. The van der Waals surface area contributed by atoms with E-state index in [1.807, 2.05) is 0 Å². The highest BCUT2D eigenvalue weighted by molar-refractivity contribution is 6.25. The summed E-state index contributed by atoms with van der Waals surface area (Å²) >= 11 is 0. The normalized spacial score (nSPS) is 20.3. The number of hydrogen-bond donors (Lipinski definition) is 0. The van der Waals surface area contributed by atoms with Gasteiger partial charge in [-0.3, -0.25) is 0 Å². The van der Waals surface area contributed by atoms with Crippen molar-refractivity contribution in [2.75, 3.05) is 0 Å². The first-order valence-electron chi connectivity index (χ1n) is 27.2. The summed E-state index contributed by atoms with van der Waals surface area (Å²) in [5.41, 5.74) is -6.49. The van der Waals surface area contributed by atoms with Crippen LogP contribution in [0.3, 0.4) is 0 Å². The number of rotatable bonds is 4. The fraction of sp³-hybridized carbons (Fsp3) is 0. The maximum absolute atomic E-state index is 9.59. The highest BCUT2D eigenvalue weighted by Gasteiger charge is 2.26. The van der Waals surface area contributed by atoms with Crippen LogP contribution in [0.1, 0.15) is 38.4 Å². The first-order valence-corrected chi connectivity index (χ1v) is 13.2. The van der Waals surface area contributed by atoms with Crippen molar-refractivity contribution in [2.45, 2.75) is 0 Å². The van der Waals surface area contributed by atoms with Crippen molar-refractivity contribution in [3.63, 3.8) is 0 Å². The van der Waals surface area contributed by atoms with Crippen LogP contribution in [0.25, 0.3) is 88.0 Å². The minimum absolute atomic E-state index is 0.692. The largest absolute Gasteiger partial charge is 0.455 e. The molecule has 8 aromatic carbocycles. The lowest BCUT2D eigenvalue weighted by atomic mass is 9.84. The molecule has 9 rings (SSSR count). The Balaban J connectivity index is 1.75. The average Bonchev–Trinajstić information content (AvgIpc) is 3.75. The molecular weight excluding hydrogens is 544 g/mol. The molecular formula is C44H28O. The van der Waals surface area contributed by atoms with Crippen molar-refractivity contribution in [1.29, 1.82) is 0 Å². The van der Waals surface area contributed by atoms with E-state index in [0.717, 1.165) is 0 Å². The van der Waals surface area contributed by atoms with E-state index in [1.54, 1.807) is 0 Å². The summed E-state index contributed by atoms with van der Waals surface area (Å²) in [4.78, 5) is 0. The summed E-state index contributed by atoms with van der Waals surface area (Å²) in [6, 6.07) is -27.8. The summed E-state index contributed by atoms with van der Waals surface area (Å²) in [6.45, 7) is 0. The van der Waals surface area contributed by atoms with Gasteiger partial charge in [0.25, 0.3) is 0 Å². The number of benzene rings is 8. The number of hydrogen-bond acceptors (Lipinski definition) is 1. The van der Waals surface area contributed by atoms with Gasteiger partial charge in [-0.2, -0.15) is 0 Å². The summed E-state index contributed by atoms with van der Waals surface area (Å²) < 4.78 is 257. The maximum atomic E-state index is 9.59. The van der Waals surface area contributed by atoms with E-state index in [2.05, 4.69) is 0 Å². The van der Waals surface area contributed by atoms with Gasteiger partial charge < -0.3 is 4.42 Å². The van der Waals surface area contributed by atoms with Gasteiger partial charge in [-0.25, -0.2) is 0 Å². The quantitative estimate of drug-likeness (QED) is 0.183. The zero-order chi connectivity index (χ0) is 54.1. The maximum Gasteiger partial charge on any atom is 0.143 e. The average molecular weight is 601 g/mol. The van der Waals surface area contributed by atoms with Crippen molar-refractivity contribution < 1.29 is 42.8 Å². The van der Waals surface area contributed by atoms with Gasteiger partial charge in [-0.15, -0.1) is 0 Å². The highest BCUT2D eigenvalue weighted by atomic mass is 16.3. The molecule has 0 aliphatic rings. The van der Waals surface area contributed by atoms with Gasteiger partial charge >= 0.3 is 0 Å². The van der Waals surface area contributed by atoms with Gasteiger partial charge in [0.15, 0.2) is 0 Å². The van der Waals surface area contributed by atoms with E-state index in [-0.39, 0.29) is 0 Å². The molecule has 0 amide bonds. The van der Waals surface area contributed by atoms with Crippen molar-refractivity contribution in [3.8, 4) is 44.7 Å². The number of fused-ring (bicyclic) bond motifs is 4. The first-order chi connectivity index (χ1) is 34.0. The second-order valence-electron chi connectivity index (χ2n) is 9.51. The summed E-state index contributed by atoms with van der Waals surface area (Å²) in [7, 11) is 0. The van der Waals surface area contributed by atoms with E-state index in [9.17, 15) is 11.0 Å². The Bertz CT molecular complexity index is 3970. The van der Waals surface area contributed by atoms with Gasteiger partial charge in [-0.1, -0.05) is 169 Å². The SMILES string of the molecule is [2H]c1c([2H])c([2H])c(-c2c([2H])c([2H])c([2H])c3c(-c4c5c([2H])c([2H])c([2H])c([2H])c5c(-c5c([2H])c([2H])c([2H])c([2H])c5[2H])c5c([2H])c([2H])c([2H])c([2H])c45)c(-c4c([2H])c([2H])c([2H])c5c([2H])c([2H])c([2H])c([2H])c45)oc23)c([2H])c1[2H]. The van der Waals surface area contributed by atoms with E-state index in [1.165, 1.54) is 0 Å². The Labute approximate surface area is 301 Å². The van der Waals surface area contributed by atoms with Crippen LogP contribution in [-0.2, 0) is 0 Å². The van der Waals surface area contributed by atoms with Crippen LogP contribution in [0, 0.1) is 0 Å². The second-order valence-corrected chi connectivity index (χ2v) is 9.51. The van der Waals surface area contributed by atoms with Crippen LogP contribution in [0.4, 0.5) is 0 Å². The molecule has 0 spiro atoms. The Morgan fingerprint density at radius 1 is 0.333 bits per heavy atom. The van der Waals surface area contributed by atoms with E-state index < -0.39 is 257 Å².